The summed E-state index contributed by atoms with van der Waals surface area (Å²) >= 11 is 0. The summed E-state index contributed by atoms with van der Waals surface area (Å²) in [5, 5.41) is 4.48. The first-order valence-electron chi connectivity index (χ1n) is 14.7. The second-order valence-electron chi connectivity index (χ2n) is 11.8. The van der Waals surface area contributed by atoms with Gasteiger partial charge in [-0.25, -0.2) is 30.7 Å². The van der Waals surface area contributed by atoms with Crippen LogP contribution in [0.5, 0.6) is 0 Å². The van der Waals surface area contributed by atoms with Crippen LogP contribution in [0.1, 0.15) is 51.9 Å². The number of rotatable bonds is 7. The lowest BCUT2D eigenvalue weighted by molar-refractivity contribution is -0.00245. The van der Waals surface area contributed by atoms with Crippen molar-refractivity contribution in [1.29, 1.82) is 0 Å². The van der Waals surface area contributed by atoms with Gasteiger partial charge in [-0.1, -0.05) is 24.3 Å². The maximum Gasteiger partial charge on any atom is 0.273 e. The minimum atomic E-state index is -3.29. The summed E-state index contributed by atoms with van der Waals surface area (Å²) in [5.41, 5.74) is 2.60. The third-order valence-corrected chi connectivity index (χ3v) is 9.84. The van der Waals surface area contributed by atoms with E-state index in [1.807, 2.05) is 0 Å². The number of halogens is 4. The molecule has 45 heavy (non-hydrogen) atoms. The van der Waals surface area contributed by atoms with E-state index >= 15 is 8.78 Å². The van der Waals surface area contributed by atoms with Crippen LogP contribution in [0.4, 0.5) is 17.6 Å². The smallest absolute Gasteiger partial charge is 0.273 e. The average Bonchev–Trinajstić information content (AvgIpc) is 3.59. The quantitative estimate of drug-likeness (QED) is 0.239. The number of aromatic nitrogens is 2. The monoisotopic (exact) mass is 640 g/mol. The van der Waals surface area contributed by atoms with Crippen LogP contribution >= 0.6 is 0 Å². The molecule has 236 valence electrons. The summed E-state index contributed by atoms with van der Waals surface area (Å²) in [6.45, 7) is 0.971. The van der Waals surface area contributed by atoms with Crippen molar-refractivity contribution in [3.8, 4) is 5.69 Å². The van der Waals surface area contributed by atoms with Gasteiger partial charge in [0.25, 0.3) is 11.8 Å². The van der Waals surface area contributed by atoms with E-state index in [1.165, 1.54) is 36.7 Å². The standard InChI is InChI=1S/C33H32F4N4O3S/c1-45(43,44)28-12-2-22(3-13-28)19-39-16-14-24(15-17-39)31-29(18-38-41(31)27-10-8-26(35)9-11-27)32(42)40-20-30(33(36,37)21-40)23-4-6-25(34)7-5-23/h2-13,18,24,30H,14-17,19-21H2,1H3/t30-/m1/s1. The van der Waals surface area contributed by atoms with Crippen molar-refractivity contribution >= 4 is 15.7 Å². The lowest BCUT2D eigenvalue weighted by atomic mass is 9.90. The molecule has 0 aliphatic carbocycles. The number of nitrogens with zero attached hydrogens (tertiary/aromatic N) is 4. The Labute approximate surface area is 259 Å². The first-order chi connectivity index (χ1) is 21.4. The Morgan fingerprint density at radius 2 is 1.51 bits per heavy atom. The molecule has 0 unspecified atom stereocenters. The number of hydrogen-bond donors (Lipinski definition) is 0. The molecule has 3 heterocycles. The van der Waals surface area contributed by atoms with Crippen LogP contribution in [0.25, 0.3) is 5.69 Å². The van der Waals surface area contributed by atoms with Crippen molar-refractivity contribution in [3.05, 3.63) is 113 Å². The van der Waals surface area contributed by atoms with Gasteiger partial charge in [-0.2, -0.15) is 5.10 Å². The molecular formula is C33H32F4N4O3S. The summed E-state index contributed by atoms with van der Waals surface area (Å²) in [4.78, 5) is 17.5. The Morgan fingerprint density at radius 3 is 2.11 bits per heavy atom. The third kappa shape index (κ3) is 6.53. The van der Waals surface area contributed by atoms with Crippen molar-refractivity contribution in [1.82, 2.24) is 19.6 Å². The first-order valence-corrected chi connectivity index (χ1v) is 16.6. The topological polar surface area (TPSA) is 75.5 Å². The van der Waals surface area contributed by atoms with Gasteiger partial charge in [-0.15, -0.1) is 0 Å². The molecule has 2 aliphatic heterocycles. The van der Waals surface area contributed by atoms with Crippen LogP contribution in [-0.2, 0) is 16.4 Å². The van der Waals surface area contributed by atoms with Gasteiger partial charge in [-0.05, 0) is 85.6 Å². The Balaban J connectivity index is 1.24. The number of likely N-dealkylation sites (tertiary alicyclic amines) is 2. The first kappa shape index (κ1) is 31.0. The minimum Gasteiger partial charge on any atom is -0.332 e. The molecule has 0 N–H and O–H groups in total. The van der Waals surface area contributed by atoms with Gasteiger partial charge in [0.05, 0.1) is 40.5 Å². The van der Waals surface area contributed by atoms with E-state index in [9.17, 15) is 22.0 Å². The van der Waals surface area contributed by atoms with Gasteiger partial charge in [-0.3, -0.25) is 9.69 Å². The SMILES string of the molecule is CS(=O)(=O)c1ccc(CN2CCC(c3c(C(=O)N4C[C@H](c5ccc(F)cc5)C(F)(F)C4)cnn3-c3ccc(F)cc3)CC2)cc1. The van der Waals surface area contributed by atoms with Gasteiger partial charge in [0.1, 0.15) is 11.6 Å². The third-order valence-electron chi connectivity index (χ3n) is 8.71. The second-order valence-corrected chi connectivity index (χ2v) is 13.9. The maximum atomic E-state index is 15.2. The minimum absolute atomic E-state index is 0.128. The zero-order valence-corrected chi connectivity index (χ0v) is 25.4. The Bertz CT molecular complexity index is 1790. The number of piperidine rings is 1. The molecule has 0 bridgehead atoms. The zero-order valence-electron chi connectivity index (χ0n) is 24.5. The second kappa shape index (κ2) is 12.1. The van der Waals surface area contributed by atoms with Gasteiger partial charge in [0.2, 0.25) is 0 Å². The molecule has 1 aromatic heterocycles. The Kier molecular flexibility index (Phi) is 8.30. The molecule has 12 heteroatoms. The van der Waals surface area contributed by atoms with E-state index in [1.54, 1.807) is 41.1 Å². The molecule has 3 aromatic carbocycles. The molecule has 0 saturated carbocycles. The van der Waals surface area contributed by atoms with Crippen LogP contribution in [0.15, 0.2) is 83.9 Å². The highest BCUT2D eigenvalue weighted by Gasteiger charge is 2.50. The van der Waals surface area contributed by atoms with Gasteiger partial charge < -0.3 is 4.90 Å². The molecule has 6 rings (SSSR count). The highest BCUT2D eigenvalue weighted by Crippen LogP contribution is 2.42. The fourth-order valence-electron chi connectivity index (χ4n) is 6.32. The number of carbonyl (C=O) groups is 1. The van der Waals surface area contributed by atoms with Crippen LogP contribution < -0.4 is 0 Å². The maximum absolute atomic E-state index is 15.2. The predicted octanol–water partition coefficient (Wildman–Crippen LogP) is 5.81. The summed E-state index contributed by atoms with van der Waals surface area (Å²) in [6.07, 6.45) is 3.88. The number of carbonyl (C=O) groups excluding carboxylic acids is 1. The van der Waals surface area contributed by atoms with Gasteiger partial charge in [0.15, 0.2) is 9.84 Å². The number of hydrogen-bond acceptors (Lipinski definition) is 5. The molecule has 1 atom stereocenters. The molecule has 4 aromatic rings. The van der Waals surface area contributed by atoms with E-state index in [-0.39, 0.29) is 28.5 Å². The van der Waals surface area contributed by atoms with Gasteiger partial charge in [0, 0.05) is 25.3 Å². The summed E-state index contributed by atoms with van der Waals surface area (Å²) in [5.74, 6) is -6.11. The lowest BCUT2D eigenvalue weighted by Crippen LogP contribution is -2.35. The summed E-state index contributed by atoms with van der Waals surface area (Å²) in [7, 11) is -3.29. The molecule has 2 fully saturated rings. The number of amides is 1. The largest absolute Gasteiger partial charge is 0.332 e. The van der Waals surface area contributed by atoms with Crippen molar-refractivity contribution in [2.45, 2.75) is 42.0 Å². The highest BCUT2D eigenvalue weighted by molar-refractivity contribution is 7.90. The van der Waals surface area contributed by atoms with Crippen molar-refractivity contribution in [3.63, 3.8) is 0 Å². The summed E-state index contributed by atoms with van der Waals surface area (Å²) in [6, 6.07) is 17.4. The van der Waals surface area contributed by atoms with Crippen LogP contribution in [0, 0.1) is 11.6 Å². The van der Waals surface area contributed by atoms with Crippen LogP contribution in [-0.4, -0.2) is 72.3 Å². The molecule has 0 radical (unpaired) electrons. The lowest BCUT2D eigenvalue weighted by Gasteiger charge is -2.33. The molecular weight excluding hydrogens is 608 g/mol. The molecule has 0 spiro atoms. The van der Waals surface area contributed by atoms with E-state index in [0.29, 0.717) is 43.9 Å². The van der Waals surface area contributed by atoms with Crippen LogP contribution in [0.2, 0.25) is 0 Å². The fourth-order valence-corrected chi connectivity index (χ4v) is 6.95. The summed E-state index contributed by atoms with van der Waals surface area (Å²) < 4.78 is 82.8. The Hall–Kier alpha value is -4.03. The van der Waals surface area contributed by atoms with E-state index in [2.05, 4.69) is 10.00 Å². The van der Waals surface area contributed by atoms with Gasteiger partial charge >= 0.3 is 0 Å². The van der Waals surface area contributed by atoms with E-state index in [0.717, 1.165) is 22.6 Å². The van der Waals surface area contributed by atoms with E-state index < -0.39 is 45.8 Å². The van der Waals surface area contributed by atoms with Crippen molar-refractivity contribution in [2.75, 3.05) is 32.4 Å². The normalized spacial score (nSPS) is 19.2. The van der Waals surface area contributed by atoms with Crippen molar-refractivity contribution in [2.24, 2.45) is 0 Å². The predicted molar refractivity (Wildman–Crippen MR) is 160 cm³/mol. The highest BCUT2D eigenvalue weighted by atomic mass is 32.2. The molecule has 2 saturated heterocycles. The van der Waals surface area contributed by atoms with Crippen molar-refractivity contribution < 1.29 is 30.8 Å². The average molecular weight is 641 g/mol. The number of alkyl halides is 2. The molecule has 2 aliphatic rings. The molecule has 1 amide bonds. The fraction of sp³-hybridized carbons (Fsp3) is 0.333. The van der Waals surface area contributed by atoms with Crippen LogP contribution in [0.3, 0.4) is 0 Å². The Morgan fingerprint density at radius 1 is 0.911 bits per heavy atom. The number of sulfone groups is 1. The number of benzene rings is 3. The van der Waals surface area contributed by atoms with E-state index in [4.69, 9.17) is 0 Å². The zero-order chi connectivity index (χ0) is 31.9. The molecule has 7 nitrogen and oxygen atoms in total.